The molecule has 7 heteroatoms. The van der Waals surface area contributed by atoms with Crippen molar-refractivity contribution >= 4 is 5.82 Å². The summed E-state index contributed by atoms with van der Waals surface area (Å²) in [5, 5.41) is 0. The molecule has 0 spiro atoms. The van der Waals surface area contributed by atoms with Gasteiger partial charge in [0.1, 0.15) is 5.82 Å². The average molecular weight is 262 g/mol. The van der Waals surface area contributed by atoms with Crippen LogP contribution in [0.15, 0.2) is 18.2 Å². The number of pyridine rings is 1. The van der Waals surface area contributed by atoms with Crippen LogP contribution in [0.1, 0.15) is 0 Å². The van der Waals surface area contributed by atoms with Crippen LogP contribution < -0.4 is 9.64 Å². The smallest absolute Gasteiger partial charge is 0.422 e. The number of halogens is 3. The van der Waals surface area contributed by atoms with E-state index in [1.165, 1.54) is 6.07 Å². The molecule has 2 rings (SSSR count). The Morgan fingerprint density at radius 3 is 2.67 bits per heavy atom. The van der Waals surface area contributed by atoms with E-state index in [-0.39, 0.29) is 5.88 Å². The van der Waals surface area contributed by atoms with Crippen molar-refractivity contribution in [2.75, 3.05) is 37.8 Å². The molecule has 1 aliphatic heterocycles. The highest BCUT2D eigenvalue weighted by atomic mass is 19.4. The minimum absolute atomic E-state index is 0.0173. The molecule has 0 N–H and O–H groups in total. The maximum atomic E-state index is 12.0. The van der Waals surface area contributed by atoms with Gasteiger partial charge in [-0.25, -0.2) is 0 Å². The van der Waals surface area contributed by atoms with Crippen molar-refractivity contribution in [1.82, 2.24) is 4.98 Å². The minimum atomic E-state index is -4.35. The van der Waals surface area contributed by atoms with Gasteiger partial charge >= 0.3 is 6.18 Å². The lowest BCUT2D eigenvalue weighted by Gasteiger charge is -2.27. The largest absolute Gasteiger partial charge is 0.468 e. The molecule has 0 radical (unpaired) electrons. The lowest BCUT2D eigenvalue weighted by Crippen LogP contribution is -2.36. The molecule has 0 bridgehead atoms. The summed E-state index contributed by atoms with van der Waals surface area (Å²) in [4.78, 5) is 6.00. The van der Waals surface area contributed by atoms with Gasteiger partial charge in [0.2, 0.25) is 5.88 Å². The van der Waals surface area contributed by atoms with Crippen molar-refractivity contribution < 1.29 is 22.6 Å². The summed E-state index contributed by atoms with van der Waals surface area (Å²) < 4.78 is 45.9. The number of nitrogens with zero attached hydrogens (tertiary/aromatic N) is 2. The Hall–Kier alpha value is -1.50. The van der Waals surface area contributed by atoms with Gasteiger partial charge in [-0.2, -0.15) is 18.2 Å². The maximum absolute atomic E-state index is 12.0. The van der Waals surface area contributed by atoms with E-state index in [1.807, 2.05) is 4.90 Å². The van der Waals surface area contributed by atoms with Crippen molar-refractivity contribution in [3.05, 3.63) is 18.2 Å². The van der Waals surface area contributed by atoms with E-state index in [0.29, 0.717) is 32.1 Å². The van der Waals surface area contributed by atoms with Crippen LogP contribution in [0.2, 0.25) is 0 Å². The van der Waals surface area contributed by atoms with Crippen molar-refractivity contribution in [2.24, 2.45) is 0 Å². The first-order valence-corrected chi connectivity index (χ1v) is 5.54. The van der Waals surface area contributed by atoms with Crippen molar-refractivity contribution in [2.45, 2.75) is 6.18 Å². The summed E-state index contributed by atoms with van der Waals surface area (Å²) in [5.41, 5.74) is 0. The molecule has 1 fully saturated rings. The van der Waals surface area contributed by atoms with Crippen LogP contribution in [-0.2, 0) is 4.74 Å². The number of aromatic nitrogens is 1. The fraction of sp³-hybridized carbons (Fsp3) is 0.545. The second kappa shape index (κ2) is 5.43. The van der Waals surface area contributed by atoms with Crippen molar-refractivity contribution in [3.63, 3.8) is 0 Å². The van der Waals surface area contributed by atoms with Crippen LogP contribution in [0.25, 0.3) is 0 Å². The average Bonchev–Trinajstić information content (AvgIpc) is 2.37. The fourth-order valence-electron chi connectivity index (χ4n) is 1.61. The zero-order valence-corrected chi connectivity index (χ0v) is 9.61. The van der Waals surface area contributed by atoms with E-state index in [9.17, 15) is 13.2 Å². The third-order valence-corrected chi connectivity index (χ3v) is 2.43. The standard InChI is InChI=1S/C11H13F3N2O2/c12-11(13,14)8-18-10-3-1-2-9(15-10)16-4-6-17-7-5-16/h1-3H,4-8H2. The van der Waals surface area contributed by atoms with Crippen molar-refractivity contribution in [3.8, 4) is 5.88 Å². The van der Waals surface area contributed by atoms with Crippen LogP contribution in [-0.4, -0.2) is 44.1 Å². The zero-order valence-electron chi connectivity index (χ0n) is 9.61. The van der Waals surface area contributed by atoms with Crippen LogP contribution in [0, 0.1) is 0 Å². The Balaban J connectivity index is 2.00. The second-order valence-electron chi connectivity index (χ2n) is 3.84. The van der Waals surface area contributed by atoms with Gasteiger partial charge in [0, 0.05) is 19.2 Å². The number of anilines is 1. The fourth-order valence-corrected chi connectivity index (χ4v) is 1.61. The molecule has 18 heavy (non-hydrogen) atoms. The first kappa shape index (κ1) is 12.9. The summed E-state index contributed by atoms with van der Waals surface area (Å²) >= 11 is 0. The maximum Gasteiger partial charge on any atom is 0.422 e. The Kier molecular flexibility index (Phi) is 3.90. The first-order chi connectivity index (χ1) is 8.54. The van der Waals surface area contributed by atoms with Gasteiger partial charge in [-0.3, -0.25) is 0 Å². The SMILES string of the molecule is FC(F)(F)COc1cccc(N2CCOCC2)n1. The molecule has 4 nitrogen and oxygen atoms in total. The lowest BCUT2D eigenvalue weighted by atomic mass is 10.3. The summed E-state index contributed by atoms with van der Waals surface area (Å²) in [7, 11) is 0. The highest BCUT2D eigenvalue weighted by Gasteiger charge is 2.28. The molecular weight excluding hydrogens is 249 g/mol. The van der Waals surface area contributed by atoms with Gasteiger partial charge in [-0.1, -0.05) is 6.07 Å². The van der Waals surface area contributed by atoms with Gasteiger partial charge in [0.05, 0.1) is 13.2 Å². The molecule has 1 aliphatic rings. The molecule has 0 atom stereocenters. The Bertz CT molecular complexity index is 392. The second-order valence-corrected chi connectivity index (χ2v) is 3.84. The summed E-state index contributed by atoms with van der Waals surface area (Å²) in [6.07, 6.45) is -4.35. The molecular formula is C11H13F3N2O2. The molecule has 1 saturated heterocycles. The molecule has 0 aromatic carbocycles. The van der Waals surface area contributed by atoms with E-state index < -0.39 is 12.8 Å². The van der Waals surface area contributed by atoms with Crippen LogP contribution in [0.5, 0.6) is 5.88 Å². The quantitative estimate of drug-likeness (QED) is 0.832. The van der Waals surface area contributed by atoms with Gasteiger partial charge < -0.3 is 14.4 Å². The third kappa shape index (κ3) is 3.76. The van der Waals surface area contributed by atoms with Gasteiger partial charge in [-0.05, 0) is 6.07 Å². The molecule has 0 saturated carbocycles. The van der Waals surface area contributed by atoms with Crippen LogP contribution in [0.3, 0.4) is 0 Å². The predicted molar refractivity (Wildman–Crippen MR) is 58.8 cm³/mol. The predicted octanol–water partition coefficient (Wildman–Crippen LogP) is 1.86. The monoisotopic (exact) mass is 262 g/mol. The van der Waals surface area contributed by atoms with Crippen molar-refractivity contribution in [1.29, 1.82) is 0 Å². The van der Waals surface area contributed by atoms with Gasteiger partial charge in [0.15, 0.2) is 6.61 Å². The number of alkyl halides is 3. The molecule has 0 amide bonds. The number of morpholine rings is 1. The number of hydrogen-bond acceptors (Lipinski definition) is 4. The molecule has 1 aromatic rings. The van der Waals surface area contributed by atoms with E-state index in [1.54, 1.807) is 12.1 Å². The molecule has 100 valence electrons. The minimum Gasteiger partial charge on any atom is -0.468 e. The molecule has 0 unspecified atom stereocenters. The summed E-state index contributed by atoms with van der Waals surface area (Å²) in [6.45, 7) is 1.21. The van der Waals surface area contributed by atoms with Gasteiger partial charge in [-0.15, -0.1) is 0 Å². The number of hydrogen-bond donors (Lipinski definition) is 0. The van der Waals surface area contributed by atoms with E-state index in [0.717, 1.165) is 0 Å². The Labute approximate surface area is 102 Å². The number of rotatable bonds is 3. The van der Waals surface area contributed by atoms with E-state index >= 15 is 0 Å². The summed E-state index contributed by atoms with van der Waals surface area (Å²) in [5.74, 6) is 0.592. The van der Waals surface area contributed by atoms with E-state index in [4.69, 9.17) is 4.74 Å². The zero-order chi connectivity index (χ0) is 13.0. The Morgan fingerprint density at radius 1 is 1.28 bits per heavy atom. The summed E-state index contributed by atoms with van der Waals surface area (Å²) in [6, 6.07) is 4.78. The first-order valence-electron chi connectivity index (χ1n) is 5.54. The van der Waals surface area contributed by atoms with Gasteiger partial charge in [0.25, 0.3) is 0 Å². The normalized spacial score (nSPS) is 16.7. The lowest BCUT2D eigenvalue weighted by molar-refractivity contribution is -0.154. The highest BCUT2D eigenvalue weighted by Crippen LogP contribution is 2.20. The van der Waals surface area contributed by atoms with Crippen LogP contribution in [0.4, 0.5) is 19.0 Å². The molecule has 1 aromatic heterocycles. The highest BCUT2D eigenvalue weighted by molar-refractivity contribution is 5.40. The topological polar surface area (TPSA) is 34.6 Å². The van der Waals surface area contributed by atoms with Crippen LogP contribution >= 0.6 is 0 Å². The molecule has 0 aliphatic carbocycles. The Morgan fingerprint density at radius 2 is 2.00 bits per heavy atom. The molecule has 2 heterocycles. The number of ether oxygens (including phenoxy) is 2. The van der Waals surface area contributed by atoms with E-state index in [2.05, 4.69) is 9.72 Å². The third-order valence-electron chi connectivity index (χ3n) is 2.43.